The summed E-state index contributed by atoms with van der Waals surface area (Å²) in [6, 6.07) is 4.54. The zero-order chi connectivity index (χ0) is 14.1. The summed E-state index contributed by atoms with van der Waals surface area (Å²) in [6.45, 7) is 2.74. The summed E-state index contributed by atoms with van der Waals surface area (Å²) >= 11 is 7.76. The highest BCUT2D eigenvalue weighted by atomic mass is 79.9. The molecule has 1 rings (SSSR count). The maximum atomic E-state index is 13.5. The van der Waals surface area contributed by atoms with Crippen LogP contribution < -0.4 is 0 Å². The second-order valence-electron chi connectivity index (χ2n) is 3.56. The first kappa shape index (κ1) is 15.5. The molecule has 0 aliphatic rings. The van der Waals surface area contributed by atoms with Crippen LogP contribution in [0.5, 0.6) is 0 Å². The molecule has 0 radical (unpaired) electrons. The highest BCUT2D eigenvalue weighted by molar-refractivity contribution is 9.11. The summed E-state index contributed by atoms with van der Waals surface area (Å²) < 4.78 is 52.3. The fourth-order valence-corrected chi connectivity index (χ4v) is 1.60. The number of rotatable bonds is 4. The van der Waals surface area contributed by atoms with Gasteiger partial charge in [-0.25, -0.2) is 0 Å². The molecule has 0 fully saturated rings. The van der Waals surface area contributed by atoms with E-state index in [4.69, 9.17) is 11.6 Å². The molecule has 100 valence electrons. The van der Waals surface area contributed by atoms with E-state index < -0.39 is 22.4 Å². The Balaban J connectivity index is 3.12. The molecule has 1 nitrogen and oxygen atoms in total. The van der Waals surface area contributed by atoms with E-state index in [1.54, 1.807) is 0 Å². The Morgan fingerprint density at radius 3 is 2.06 bits per heavy atom. The predicted octanol–water partition coefficient (Wildman–Crippen LogP) is 4.55. The van der Waals surface area contributed by atoms with Crippen LogP contribution in [0.3, 0.4) is 0 Å². The van der Waals surface area contributed by atoms with Gasteiger partial charge in [0.1, 0.15) is 6.10 Å². The van der Waals surface area contributed by atoms with E-state index in [0.29, 0.717) is 0 Å². The van der Waals surface area contributed by atoms with Crippen molar-refractivity contribution in [2.24, 2.45) is 0 Å². The fourth-order valence-electron chi connectivity index (χ4n) is 1.21. The third-order valence-corrected chi connectivity index (χ3v) is 3.04. The lowest BCUT2D eigenvalue weighted by molar-refractivity contribution is -0.233. The smallest absolute Gasteiger partial charge is 0.344 e. The van der Waals surface area contributed by atoms with Gasteiger partial charge in [-0.1, -0.05) is 30.3 Å². The third kappa shape index (κ3) is 2.70. The van der Waals surface area contributed by atoms with Gasteiger partial charge < -0.3 is 5.11 Å². The van der Waals surface area contributed by atoms with E-state index in [9.17, 15) is 22.7 Å². The molecule has 1 unspecified atom stereocenters. The van der Waals surface area contributed by atoms with Gasteiger partial charge in [0.2, 0.25) is 0 Å². The third-order valence-electron chi connectivity index (χ3n) is 2.29. The molecule has 0 spiro atoms. The first-order valence-electron chi connectivity index (χ1n) is 4.64. The standard InChI is InChI=1S/C11H8BrClF4O/c1-6(12)10(14,15)11(16,17)9(18)7-2-4-8(13)5-3-7/h2-5,9,18H,1H2. The van der Waals surface area contributed by atoms with Crippen LogP contribution >= 0.6 is 27.5 Å². The first-order chi connectivity index (χ1) is 8.10. The van der Waals surface area contributed by atoms with E-state index in [1.807, 2.05) is 0 Å². The van der Waals surface area contributed by atoms with E-state index >= 15 is 0 Å². The van der Waals surface area contributed by atoms with Gasteiger partial charge >= 0.3 is 11.8 Å². The highest BCUT2D eigenvalue weighted by Crippen LogP contribution is 2.48. The van der Waals surface area contributed by atoms with E-state index in [-0.39, 0.29) is 10.6 Å². The van der Waals surface area contributed by atoms with Gasteiger partial charge in [0.15, 0.2) is 0 Å². The summed E-state index contributed by atoms with van der Waals surface area (Å²) in [4.78, 5) is 0. The van der Waals surface area contributed by atoms with Crippen molar-refractivity contribution in [2.75, 3.05) is 0 Å². The second kappa shape index (κ2) is 5.19. The summed E-state index contributed by atoms with van der Waals surface area (Å²) in [6.07, 6.45) is -2.67. The molecule has 0 amide bonds. The molecule has 0 bridgehead atoms. The normalized spacial score (nSPS) is 14.4. The minimum absolute atomic E-state index is 0.242. The van der Waals surface area contributed by atoms with Crippen molar-refractivity contribution in [3.63, 3.8) is 0 Å². The van der Waals surface area contributed by atoms with Crippen LogP contribution in [0.2, 0.25) is 5.02 Å². The fraction of sp³-hybridized carbons (Fsp3) is 0.273. The van der Waals surface area contributed by atoms with Crippen molar-refractivity contribution in [3.8, 4) is 0 Å². The molecule has 0 aromatic heterocycles. The molecular formula is C11H8BrClF4O. The van der Waals surface area contributed by atoms with Crippen LogP contribution in [0.25, 0.3) is 0 Å². The van der Waals surface area contributed by atoms with Gasteiger partial charge in [0.25, 0.3) is 0 Å². The minimum atomic E-state index is -4.69. The van der Waals surface area contributed by atoms with Crippen molar-refractivity contribution in [3.05, 3.63) is 45.9 Å². The van der Waals surface area contributed by atoms with Crippen LogP contribution in [-0.4, -0.2) is 17.0 Å². The number of aliphatic hydroxyl groups excluding tert-OH is 1. The van der Waals surface area contributed by atoms with E-state index in [2.05, 4.69) is 22.5 Å². The number of allylic oxidation sites excluding steroid dienone is 1. The Morgan fingerprint density at radius 2 is 1.67 bits per heavy atom. The number of alkyl halides is 4. The molecule has 0 saturated heterocycles. The average Bonchev–Trinajstić information content (AvgIpc) is 2.28. The molecule has 0 aliphatic carbocycles. The molecule has 1 atom stereocenters. The number of halogens is 6. The maximum Gasteiger partial charge on any atom is 0.344 e. The van der Waals surface area contributed by atoms with Gasteiger partial charge in [-0.3, -0.25) is 0 Å². The lowest BCUT2D eigenvalue weighted by Crippen LogP contribution is -2.45. The largest absolute Gasteiger partial charge is 0.382 e. The van der Waals surface area contributed by atoms with Gasteiger partial charge in [-0.05, 0) is 33.6 Å². The average molecular weight is 348 g/mol. The van der Waals surface area contributed by atoms with Crippen molar-refractivity contribution >= 4 is 27.5 Å². The molecule has 1 aromatic rings. The second-order valence-corrected chi connectivity index (χ2v) is 4.95. The number of benzene rings is 1. The molecule has 18 heavy (non-hydrogen) atoms. The molecule has 0 heterocycles. The first-order valence-corrected chi connectivity index (χ1v) is 5.82. The van der Waals surface area contributed by atoms with Crippen LogP contribution in [-0.2, 0) is 0 Å². The minimum Gasteiger partial charge on any atom is -0.382 e. The molecule has 7 heteroatoms. The van der Waals surface area contributed by atoms with Gasteiger partial charge in [0.05, 0.1) is 4.48 Å². The zero-order valence-corrected chi connectivity index (χ0v) is 11.2. The van der Waals surface area contributed by atoms with Crippen LogP contribution in [0.15, 0.2) is 35.3 Å². The van der Waals surface area contributed by atoms with E-state index in [1.165, 1.54) is 12.1 Å². The van der Waals surface area contributed by atoms with Crippen molar-refractivity contribution in [1.82, 2.24) is 0 Å². The predicted molar refractivity (Wildman–Crippen MR) is 64.4 cm³/mol. The molecule has 1 aromatic carbocycles. The zero-order valence-electron chi connectivity index (χ0n) is 8.81. The quantitative estimate of drug-likeness (QED) is 0.792. The Kier molecular flexibility index (Phi) is 4.46. The van der Waals surface area contributed by atoms with Crippen LogP contribution in [0.4, 0.5) is 17.6 Å². The summed E-state index contributed by atoms with van der Waals surface area (Å²) in [7, 11) is 0. The van der Waals surface area contributed by atoms with Crippen LogP contribution in [0, 0.1) is 0 Å². The van der Waals surface area contributed by atoms with E-state index in [0.717, 1.165) is 12.1 Å². The summed E-state index contributed by atoms with van der Waals surface area (Å²) in [5.74, 6) is -9.27. The molecule has 1 N–H and O–H groups in total. The lowest BCUT2D eigenvalue weighted by Gasteiger charge is -2.30. The summed E-state index contributed by atoms with van der Waals surface area (Å²) in [5.41, 5.74) is -0.363. The maximum absolute atomic E-state index is 13.5. The topological polar surface area (TPSA) is 20.2 Å². The summed E-state index contributed by atoms with van der Waals surface area (Å²) in [5, 5.41) is 9.63. The molecule has 0 saturated carbocycles. The number of aliphatic hydroxyl groups is 1. The Hall–Kier alpha value is -0.590. The van der Waals surface area contributed by atoms with Crippen molar-refractivity contribution in [1.29, 1.82) is 0 Å². The molecule has 0 aliphatic heterocycles. The Labute approximate surface area is 114 Å². The number of hydrogen-bond donors (Lipinski definition) is 1. The van der Waals surface area contributed by atoms with Crippen molar-refractivity contribution in [2.45, 2.75) is 17.9 Å². The number of hydrogen-bond acceptors (Lipinski definition) is 1. The van der Waals surface area contributed by atoms with Gasteiger partial charge in [-0.15, -0.1) is 0 Å². The Morgan fingerprint density at radius 1 is 1.22 bits per heavy atom. The SMILES string of the molecule is C=C(Br)C(F)(F)C(F)(F)C(O)c1ccc(Cl)cc1. The monoisotopic (exact) mass is 346 g/mol. The van der Waals surface area contributed by atoms with Gasteiger partial charge in [0, 0.05) is 5.02 Å². The Bertz CT molecular complexity index is 447. The highest BCUT2D eigenvalue weighted by Gasteiger charge is 2.62. The van der Waals surface area contributed by atoms with Crippen molar-refractivity contribution < 1.29 is 22.7 Å². The lowest BCUT2D eigenvalue weighted by atomic mass is 9.98. The molecular weight excluding hydrogens is 339 g/mol. The van der Waals surface area contributed by atoms with Crippen LogP contribution in [0.1, 0.15) is 11.7 Å². The van der Waals surface area contributed by atoms with Gasteiger partial charge in [-0.2, -0.15) is 17.6 Å².